The Labute approximate surface area is 359 Å². The van der Waals surface area contributed by atoms with Crippen molar-refractivity contribution in [2.45, 2.75) is 5.41 Å². The van der Waals surface area contributed by atoms with E-state index in [0.29, 0.717) is 5.56 Å². The summed E-state index contributed by atoms with van der Waals surface area (Å²) in [5, 5.41) is 2.18. The van der Waals surface area contributed by atoms with Crippen LogP contribution >= 0.6 is 0 Å². The molecule has 1 aliphatic rings. The molecule has 1 heteroatoms. The molecule has 0 fully saturated rings. The second-order valence-electron chi connectivity index (χ2n) is 15.3. The van der Waals surface area contributed by atoms with Crippen molar-refractivity contribution in [3.63, 3.8) is 0 Å². The molecule has 11 rings (SSSR count). The van der Waals surface area contributed by atoms with Crippen molar-refractivity contribution >= 4 is 27.8 Å². The Morgan fingerprint density at radius 2 is 0.850 bits per heavy atom. The molecule has 0 saturated carbocycles. The van der Waals surface area contributed by atoms with Crippen LogP contribution in [-0.2, 0) is 5.41 Å². The van der Waals surface area contributed by atoms with E-state index in [1.807, 2.05) is 42.5 Å². The molecule has 1 nitrogen and oxygen atoms in total. The molecule has 0 radical (unpaired) electrons. The normalized spacial score (nSPS) is 13.6. The maximum absolute atomic E-state index is 8.56. The van der Waals surface area contributed by atoms with Gasteiger partial charge in [0.05, 0.1) is 18.0 Å². The summed E-state index contributed by atoms with van der Waals surface area (Å²) in [6.07, 6.45) is 0. The Bertz CT molecular complexity index is 3340. The van der Waals surface area contributed by atoms with E-state index in [0.717, 1.165) is 50.1 Å². The zero-order chi connectivity index (χ0) is 44.2. The molecule has 282 valence electrons. The van der Waals surface area contributed by atoms with Crippen LogP contribution in [0.1, 0.15) is 29.1 Å². The van der Waals surface area contributed by atoms with Gasteiger partial charge in [0.2, 0.25) is 0 Å². The maximum Gasteiger partial charge on any atom is 0.0713 e. The quantitative estimate of drug-likeness (QED) is 0.149. The number of hydrogen-bond donors (Lipinski definition) is 0. The Kier molecular flexibility index (Phi) is 7.53. The van der Waals surface area contributed by atoms with Crippen molar-refractivity contribution < 1.29 is 6.85 Å². The Balaban J connectivity index is 0.984. The van der Waals surface area contributed by atoms with E-state index in [4.69, 9.17) is 6.85 Å². The number of benzene rings is 10. The summed E-state index contributed by atoms with van der Waals surface area (Å²) in [6.45, 7) is 0. The Morgan fingerprint density at radius 1 is 0.333 bits per heavy atom. The summed E-state index contributed by atoms with van der Waals surface area (Å²) in [5.41, 5.74) is 15.2. The van der Waals surface area contributed by atoms with Crippen LogP contribution in [0.4, 0.5) is 17.1 Å². The molecule has 0 saturated heterocycles. The number of hydrogen-bond acceptors (Lipinski definition) is 1. The van der Waals surface area contributed by atoms with Crippen LogP contribution in [0.25, 0.3) is 55.3 Å². The van der Waals surface area contributed by atoms with Gasteiger partial charge in [-0.15, -0.1) is 0 Å². The topological polar surface area (TPSA) is 3.24 Å². The molecule has 10 aromatic carbocycles. The summed E-state index contributed by atoms with van der Waals surface area (Å²) in [7, 11) is 0. The zero-order valence-corrected chi connectivity index (χ0v) is 32.7. The predicted molar refractivity (Wildman–Crippen MR) is 252 cm³/mol. The third kappa shape index (κ3) is 5.86. The molecule has 0 aliphatic heterocycles. The number of anilines is 3. The van der Waals surface area contributed by atoms with E-state index < -0.39 is 11.5 Å². The average molecular weight is 769 g/mol. The fourth-order valence-electron chi connectivity index (χ4n) is 9.38. The minimum Gasteiger partial charge on any atom is -0.310 e. The molecule has 0 spiro atoms. The van der Waals surface area contributed by atoms with Gasteiger partial charge in [-0.3, -0.25) is 0 Å². The summed E-state index contributed by atoms with van der Waals surface area (Å²) in [5.74, 6) is 0. The molecule has 0 aromatic heterocycles. The largest absolute Gasteiger partial charge is 0.310 e. The van der Waals surface area contributed by atoms with Crippen molar-refractivity contribution in [2.24, 2.45) is 0 Å². The molecular formula is C59H41N. The predicted octanol–water partition coefficient (Wildman–Crippen LogP) is 15.7. The average Bonchev–Trinajstić information content (AvgIpc) is 3.67. The van der Waals surface area contributed by atoms with Crippen molar-refractivity contribution in [1.29, 1.82) is 0 Å². The van der Waals surface area contributed by atoms with Gasteiger partial charge in [0.15, 0.2) is 0 Å². The van der Waals surface area contributed by atoms with Crippen molar-refractivity contribution in [2.75, 3.05) is 4.90 Å². The third-order valence-corrected chi connectivity index (χ3v) is 12.1. The first-order chi connectivity index (χ1) is 31.8. The molecule has 0 heterocycles. The van der Waals surface area contributed by atoms with E-state index in [-0.39, 0.29) is 29.7 Å². The molecule has 60 heavy (non-hydrogen) atoms. The van der Waals surface area contributed by atoms with Gasteiger partial charge < -0.3 is 4.90 Å². The van der Waals surface area contributed by atoms with Crippen LogP contribution in [0.3, 0.4) is 0 Å². The first-order valence-electron chi connectivity index (χ1n) is 22.8. The lowest BCUT2D eigenvalue weighted by Crippen LogP contribution is -2.28. The number of para-hydroxylation sites is 1. The fourth-order valence-corrected chi connectivity index (χ4v) is 9.38. The molecule has 0 bridgehead atoms. The number of fused-ring (bicyclic) bond motifs is 4. The minimum absolute atomic E-state index is 0.184. The summed E-state index contributed by atoms with van der Waals surface area (Å²) >= 11 is 0. The highest BCUT2D eigenvalue weighted by Crippen LogP contribution is 2.56. The van der Waals surface area contributed by atoms with E-state index in [1.54, 1.807) is 0 Å². The highest BCUT2D eigenvalue weighted by Gasteiger charge is 2.46. The highest BCUT2D eigenvalue weighted by molar-refractivity contribution is 6.06. The van der Waals surface area contributed by atoms with Crippen LogP contribution in [-0.4, -0.2) is 0 Å². The van der Waals surface area contributed by atoms with Crippen LogP contribution in [0.2, 0.25) is 0 Å². The monoisotopic (exact) mass is 768 g/mol. The van der Waals surface area contributed by atoms with Gasteiger partial charge in [-0.2, -0.15) is 0 Å². The van der Waals surface area contributed by atoms with Gasteiger partial charge >= 0.3 is 0 Å². The Morgan fingerprint density at radius 3 is 1.57 bits per heavy atom. The van der Waals surface area contributed by atoms with Gasteiger partial charge in [0.25, 0.3) is 0 Å². The SMILES string of the molecule is [2H]c1c([2H])c([2H])c(-c2ccc(N(c3ccccc3)c3cccc4c(-c5ccc(-c6ccc7c(c6)C(c6ccccc6)(c6ccccc6)c6ccccc6-7)cc5)cccc34)cc2)c([2H])c1[2H]. The van der Waals surface area contributed by atoms with E-state index in [1.165, 1.54) is 33.4 Å². The zero-order valence-electron chi connectivity index (χ0n) is 37.7. The van der Waals surface area contributed by atoms with Gasteiger partial charge in [0, 0.05) is 16.8 Å². The fraction of sp³-hybridized carbons (Fsp3) is 0.0169. The molecule has 1 aliphatic carbocycles. The summed E-state index contributed by atoms with van der Waals surface area (Å²) in [4.78, 5) is 2.21. The van der Waals surface area contributed by atoms with E-state index in [9.17, 15) is 0 Å². The first kappa shape index (κ1) is 30.4. The number of rotatable bonds is 8. The number of nitrogens with zero attached hydrogens (tertiary/aromatic N) is 1. The maximum atomic E-state index is 8.56. The van der Waals surface area contributed by atoms with E-state index in [2.05, 4.69) is 181 Å². The summed E-state index contributed by atoms with van der Waals surface area (Å²) < 4.78 is 41.6. The van der Waals surface area contributed by atoms with Gasteiger partial charge in [-0.1, -0.05) is 212 Å². The summed E-state index contributed by atoms with van der Waals surface area (Å²) in [6, 6.07) is 75.7. The van der Waals surface area contributed by atoms with Gasteiger partial charge in [0.1, 0.15) is 0 Å². The van der Waals surface area contributed by atoms with Gasteiger partial charge in [-0.25, -0.2) is 0 Å². The molecule has 0 amide bonds. The molecule has 10 aromatic rings. The smallest absolute Gasteiger partial charge is 0.0713 e. The van der Waals surface area contributed by atoms with Crippen LogP contribution in [0.15, 0.2) is 249 Å². The lowest BCUT2D eigenvalue weighted by Gasteiger charge is -2.34. The standard InChI is InChI=1S/C59H41N/c1-5-17-42(18-6-1)43-35-38-50(39-36-43)60(49-23-11-4-12-24-49)58-30-16-27-52-51(26-15-28-55(52)58)45-33-31-44(32-34-45)46-37-40-54-53-25-13-14-29-56(53)59(57(54)41-46,47-19-7-2-8-20-47)48-21-9-3-10-22-48/h1-41H/i1D,5D,6D,17D,18D. The molecular weight excluding hydrogens is 723 g/mol. The van der Waals surface area contributed by atoms with Crippen molar-refractivity contribution in [3.05, 3.63) is 271 Å². The minimum atomic E-state index is -0.467. The third-order valence-electron chi connectivity index (χ3n) is 12.1. The van der Waals surface area contributed by atoms with Crippen molar-refractivity contribution in [1.82, 2.24) is 0 Å². The molecule has 0 unspecified atom stereocenters. The van der Waals surface area contributed by atoms with Crippen LogP contribution < -0.4 is 4.90 Å². The highest BCUT2D eigenvalue weighted by atomic mass is 15.1. The van der Waals surface area contributed by atoms with E-state index >= 15 is 0 Å². The second kappa shape index (κ2) is 14.9. The van der Waals surface area contributed by atoms with Crippen LogP contribution in [0, 0.1) is 0 Å². The van der Waals surface area contributed by atoms with Crippen molar-refractivity contribution in [3.8, 4) is 44.5 Å². The first-order valence-corrected chi connectivity index (χ1v) is 20.3. The Hall–Kier alpha value is -7.74. The van der Waals surface area contributed by atoms with Crippen LogP contribution in [0.5, 0.6) is 0 Å². The second-order valence-corrected chi connectivity index (χ2v) is 15.3. The molecule has 0 N–H and O–H groups in total. The lowest BCUT2D eigenvalue weighted by atomic mass is 9.67. The molecule has 0 atom stereocenters. The van der Waals surface area contributed by atoms with Gasteiger partial charge in [-0.05, 0) is 109 Å². The lowest BCUT2D eigenvalue weighted by molar-refractivity contribution is 0.769.